The summed E-state index contributed by atoms with van der Waals surface area (Å²) in [6.45, 7) is -3.21. The predicted octanol–water partition coefficient (Wildman–Crippen LogP) is 2.82. The third-order valence-corrected chi connectivity index (χ3v) is 2.54. The second-order valence-corrected chi connectivity index (χ2v) is 3.83. The largest absolute Gasteiger partial charge is 0.434 e. The SMILES string of the molecule is O=C(c1ccccn1)c1c(OC(F)F)cccc1[N+](=O)[O-]. The highest BCUT2D eigenvalue weighted by Crippen LogP contribution is 2.31. The summed E-state index contributed by atoms with van der Waals surface area (Å²) in [5.74, 6) is -1.42. The fraction of sp³-hybridized carbons (Fsp3) is 0.0769. The van der Waals surface area contributed by atoms with Gasteiger partial charge in [0.25, 0.3) is 5.69 Å². The van der Waals surface area contributed by atoms with E-state index in [1.54, 1.807) is 6.07 Å². The highest BCUT2D eigenvalue weighted by Gasteiger charge is 2.28. The molecule has 108 valence electrons. The van der Waals surface area contributed by atoms with Crippen molar-refractivity contribution in [2.24, 2.45) is 0 Å². The third kappa shape index (κ3) is 3.16. The number of nitro groups is 1. The number of pyridine rings is 1. The van der Waals surface area contributed by atoms with E-state index < -0.39 is 34.3 Å². The van der Waals surface area contributed by atoms with E-state index in [-0.39, 0.29) is 5.69 Å². The van der Waals surface area contributed by atoms with Crippen LogP contribution < -0.4 is 4.74 Å². The number of rotatable bonds is 5. The Labute approximate surface area is 117 Å². The zero-order valence-electron chi connectivity index (χ0n) is 10.4. The zero-order chi connectivity index (χ0) is 15.4. The minimum atomic E-state index is -3.21. The van der Waals surface area contributed by atoms with Crippen LogP contribution in [0.2, 0.25) is 0 Å². The maximum absolute atomic E-state index is 12.4. The van der Waals surface area contributed by atoms with Crippen LogP contribution in [0.5, 0.6) is 5.75 Å². The molecular weight excluding hydrogens is 286 g/mol. The van der Waals surface area contributed by atoms with Gasteiger partial charge in [-0.15, -0.1) is 0 Å². The molecule has 0 unspecified atom stereocenters. The van der Waals surface area contributed by atoms with Crippen molar-refractivity contribution < 1.29 is 23.2 Å². The van der Waals surface area contributed by atoms with Gasteiger partial charge in [-0.2, -0.15) is 8.78 Å². The number of halogens is 2. The van der Waals surface area contributed by atoms with Crippen LogP contribution in [-0.4, -0.2) is 22.3 Å². The summed E-state index contributed by atoms with van der Waals surface area (Å²) >= 11 is 0. The van der Waals surface area contributed by atoms with E-state index in [9.17, 15) is 23.7 Å². The number of ketones is 1. The standard InChI is InChI=1S/C13H8F2N2O4/c14-13(15)21-10-6-3-5-9(17(19)20)11(10)12(18)8-4-1-2-7-16-8/h1-7,13H. The number of ether oxygens (including phenoxy) is 1. The molecule has 0 saturated heterocycles. The molecule has 1 heterocycles. The Morgan fingerprint density at radius 2 is 2.00 bits per heavy atom. The van der Waals surface area contributed by atoms with Gasteiger partial charge in [0.1, 0.15) is 17.0 Å². The number of nitrogens with zero attached hydrogens (tertiary/aromatic N) is 2. The van der Waals surface area contributed by atoms with Crippen LogP contribution in [0.25, 0.3) is 0 Å². The molecule has 0 saturated carbocycles. The second kappa shape index (κ2) is 6.04. The molecule has 1 aromatic carbocycles. The van der Waals surface area contributed by atoms with Crippen molar-refractivity contribution in [3.05, 3.63) is 64.0 Å². The molecule has 0 atom stereocenters. The van der Waals surface area contributed by atoms with Crippen molar-refractivity contribution in [3.8, 4) is 5.75 Å². The number of benzene rings is 1. The minimum absolute atomic E-state index is 0.106. The van der Waals surface area contributed by atoms with E-state index in [2.05, 4.69) is 9.72 Å². The van der Waals surface area contributed by atoms with Gasteiger partial charge in [-0.05, 0) is 18.2 Å². The zero-order valence-corrected chi connectivity index (χ0v) is 10.4. The summed E-state index contributed by atoms with van der Waals surface area (Å²) < 4.78 is 29.0. The summed E-state index contributed by atoms with van der Waals surface area (Å²) in [5, 5.41) is 11.0. The summed E-state index contributed by atoms with van der Waals surface area (Å²) in [7, 11) is 0. The normalized spacial score (nSPS) is 10.4. The Morgan fingerprint density at radius 1 is 1.24 bits per heavy atom. The molecule has 0 radical (unpaired) electrons. The first-order chi connectivity index (χ1) is 10.0. The Morgan fingerprint density at radius 3 is 2.57 bits per heavy atom. The molecule has 0 fully saturated rings. The first-order valence-electron chi connectivity index (χ1n) is 5.68. The van der Waals surface area contributed by atoms with Crippen LogP contribution in [-0.2, 0) is 0 Å². The van der Waals surface area contributed by atoms with Crippen LogP contribution in [0.15, 0.2) is 42.6 Å². The molecule has 0 aliphatic heterocycles. The van der Waals surface area contributed by atoms with Crippen molar-refractivity contribution in [1.82, 2.24) is 4.98 Å². The lowest BCUT2D eigenvalue weighted by atomic mass is 10.0. The number of nitro benzene ring substituents is 1. The molecule has 2 rings (SSSR count). The number of hydrogen-bond donors (Lipinski definition) is 0. The van der Waals surface area contributed by atoms with Gasteiger partial charge in [-0.25, -0.2) is 0 Å². The fourth-order valence-electron chi connectivity index (χ4n) is 1.72. The highest BCUT2D eigenvalue weighted by molar-refractivity contribution is 6.12. The molecule has 0 aliphatic rings. The van der Waals surface area contributed by atoms with E-state index in [1.807, 2.05) is 0 Å². The first-order valence-corrected chi connectivity index (χ1v) is 5.68. The summed E-state index contributed by atoms with van der Waals surface area (Å²) in [5.41, 5.74) is -1.28. The van der Waals surface area contributed by atoms with Crippen LogP contribution in [0.3, 0.4) is 0 Å². The molecule has 6 nitrogen and oxygen atoms in total. The molecule has 8 heteroatoms. The Kier molecular flexibility index (Phi) is 4.17. The van der Waals surface area contributed by atoms with Crippen LogP contribution >= 0.6 is 0 Å². The monoisotopic (exact) mass is 294 g/mol. The number of carbonyl (C=O) groups excluding carboxylic acids is 1. The van der Waals surface area contributed by atoms with Crippen molar-refractivity contribution in [3.63, 3.8) is 0 Å². The lowest BCUT2D eigenvalue weighted by Crippen LogP contribution is -2.12. The van der Waals surface area contributed by atoms with Crippen molar-refractivity contribution in [1.29, 1.82) is 0 Å². The van der Waals surface area contributed by atoms with Gasteiger partial charge in [-0.3, -0.25) is 19.9 Å². The maximum atomic E-state index is 12.4. The number of alkyl halides is 2. The summed E-state index contributed by atoms with van der Waals surface area (Å²) in [4.78, 5) is 26.2. The smallest absolute Gasteiger partial charge is 0.387 e. The maximum Gasteiger partial charge on any atom is 0.387 e. The fourth-order valence-corrected chi connectivity index (χ4v) is 1.72. The Hall–Kier alpha value is -2.90. The lowest BCUT2D eigenvalue weighted by Gasteiger charge is -2.09. The van der Waals surface area contributed by atoms with E-state index in [0.717, 1.165) is 18.2 Å². The average molecular weight is 294 g/mol. The number of aromatic nitrogens is 1. The molecule has 2 aromatic rings. The summed E-state index contributed by atoms with van der Waals surface area (Å²) in [6, 6.07) is 7.63. The van der Waals surface area contributed by atoms with Gasteiger partial charge < -0.3 is 4.74 Å². The molecule has 0 N–H and O–H groups in total. The van der Waals surface area contributed by atoms with Gasteiger partial charge in [0.05, 0.1) is 4.92 Å². The second-order valence-electron chi connectivity index (χ2n) is 3.83. The van der Waals surface area contributed by atoms with Gasteiger partial charge in [0.15, 0.2) is 0 Å². The Balaban J connectivity index is 2.58. The van der Waals surface area contributed by atoms with E-state index >= 15 is 0 Å². The molecule has 0 spiro atoms. The highest BCUT2D eigenvalue weighted by atomic mass is 19.3. The molecule has 0 aliphatic carbocycles. The van der Waals surface area contributed by atoms with Crippen LogP contribution in [0.1, 0.15) is 16.1 Å². The quantitative estimate of drug-likeness (QED) is 0.481. The van der Waals surface area contributed by atoms with Crippen molar-refractivity contribution >= 4 is 11.5 Å². The first kappa shape index (κ1) is 14.5. The van der Waals surface area contributed by atoms with E-state index in [0.29, 0.717) is 0 Å². The van der Waals surface area contributed by atoms with Gasteiger partial charge >= 0.3 is 6.61 Å². The van der Waals surface area contributed by atoms with Crippen LogP contribution in [0.4, 0.5) is 14.5 Å². The minimum Gasteiger partial charge on any atom is -0.434 e. The third-order valence-electron chi connectivity index (χ3n) is 2.54. The molecule has 0 bridgehead atoms. The van der Waals surface area contributed by atoms with Crippen molar-refractivity contribution in [2.75, 3.05) is 0 Å². The molecule has 1 aromatic heterocycles. The lowest BCUT2D eigenvalue weighted by molar-refractivity contribution is -0.385. The van der Waals surface area contributed by atoms with Crippen molar-refractivity contribution in [2.45, 2.75) is 6.61 Å². The van der Waals surface area contributed by atoms with Gasteiger partial charge in [-0.1, -0.05) is 12.1 Å². The number of hydrogen-bond acceptors (Lipinski definition) is 5. The predicted molar refractivity (Wildman–Crippen MR) is 67.4 cm³/mol. The molecular formula is C13H8F2N2O4. The van der Waals surface area contributed by atoms with Crippen LogP contribution in [0, 0.1) is 10.1 Å². The topological polar surface area (TPSA) is 82.3 Å². The summed E-state index contributed by atoms with van der Waals surface area (Å²) in [6.07, 6.45) is 1.32. The Bertz CT molecular complexity index is 677. The average Bonchev–Trinajstić information content (AvgIpc) is 2.46. The number of carbonyl (C=O) groups is 1. The van der Waals surface area contributed by atoms with E-state index in [4.69, 9.17) is 0 Å². The van der Waals surface area contributed by atoms with Gasteiger partial charge in [0.2, 0.25) is 5.78 Å². The molecule has 0 amide bonds. The van der Waals surface area contributed by atoms with Gasteiger partial charge in [0, 0.05) is 12.3 Å². The van der Waals surface area contributed by atoms with E-state index in [1.165, 1.54) is 18.3 Å². The molecule has 21 heavy (non-hydrogen) atoms.